The van der Waals surface area contributed by atoms with Crippen molar-refractivity contribution in [3.8, 4) is 0 Å². The SMILES string of the molecule is CNC(=O)CCN(C)Cc1cccc(/C=C/C(=O)O)c1. The third-order valence-corrected chi connectivity index (χ3v) is 2.82. The second kappa shape index (κ2) is 8.12. The molecule has 0 aliphatic heterocycles. The van der Waals surface area contributed by atoms with Gasteiger partial charge in [-0.05, 0) is 24.3 Å². The van der Waals surface area contributed by atoms with E-state index in [9.17, 15) is 9.59 Å². The summed E-state index contributed by atoms with van der Waals surface area (Å²) in [5.41, 5.74) is 1.93. The van der Waals surface area contributed by atoms with Crippen LogP contribution in [0.5, 0.6) is 0 Å². The van der Waals surface area contributed by atoms with Gasteiger partial charge in [-0.3, -0.25) is 4.79 Å². The van der Waals surface area contributed by atoms with Crippen molar-refractivity contribution in [2.45, 2.75) is 13.0 Å². The van der Waals surface area contributed by atoms with E-state index in [1.807, 2.05) is 31.3 Å². The fourth-order valence-electron chi connectivity index (χ4n) is 1.77. The Hall–Kier alpha value is -2.14. The number of carbonyl (C=O) groups excluding carboxylic acids is 1. The maximum atomic E-state index is 11.2. The largest absolute Gasteiger partial charge is 0.478 e. The van der Waals surface area contributed by atoms with Crippen LogP contribution in [0.2, 0.25) is 0 Å². The Morgan fingerprint density at radius 2 is 2.15 bits per heavy atom. The molecule has 0 bridgehead atoms. The Morgan fingerprint density at radius 3 is 2.80 bits per heavy atom. The predicted molar refractivity (Wildman–Crippen MR) is 78.1 cm³/mol. The second-order valence-electron chi connectivity index (χ2n) is 4.58. The summed E-state index contributed by atoms with van der Waals surface area (Å²) in [6, 6.07) is 7.67. The van der Waals surface area contributed by atoms with Crippen LogP contribution in [0.3, 0.4) is 0 Å². The molecule has 0 spiro atoms. The quantitative estimate of drug-likeness (QED) is 0.738. The molecule has 1 amide bonds. The lowest BCUT2D eigenvalue weighted by molar-refractivity contribution is -0.131. The summed E-state index contributed by atoms with van der Waals surface area (Å²) in [5.74, 6) is -0.937. The molecule has 0 aromatic heterocycles. The number of carboxylic acids is 1. The molecule has 1 rings (SSSR count). The highest BCUT2D eigenvalue weighted by Gasteiger charge is 2.04. The van der Waals surface area contributed by atoms with Gasteiger partial charge in [0.1, 0.15) is 0 Å². The van der Waals surface area contributed by atoms with Gasteiger partial charge < -0.3 is 15.3 Å². The van der Waals surface area contributed by atoms with E-state index in [1.165, 1.54) is 0 Å². The van der Waals surface area contributed by atoms with Gasteiger partial charge in [0.05, 0.1) is 0 Å². The van der Waals surface area contributed by atoms with Gasteiger partial charge in [0, 0.05) is 32.6 Å². The maximum Gasteiger partial charge on any atom is 0.328 e. The third kappa shape index (κ3) is 6.15. The number of hydrogen-bond acceptors (Lipinski definition) is 3. The molecule has 0 unspecified atom stereocenters. The minimum absolute atomic E-state index is 0.0231. The first-order valence-electron chi connectivity index (χ1n) is 6.40. The van der Waals surface area contributed by atoms with Gasteiger partial charge in [0.25, 0.3) is 0 Å². The van der Waals surface area contributed by atoms with Crippen molar-refractivity contribution < 1.29 is 14.7 Å². The van der Waals surface area contributed by atoms with Crippen LogP contribution in [0.25, 0.3) is 6.08 Å². The predicted octanol–water partition coefficient (Wildman–Crippen LogP) is 1.35. The Balaban J connectivity index is 2.57. The third-order valence-electron chi connectivity index (χ3n) is 2.82. The molecule has 0 saturated carbocycles. The van der Waals surface area contributed by atoms with E-state index in [0.717, 1.165) is 17.2 Å². The number of nitrogens with one attached hydrogen (secondary N) is 1. The lowest BCUT2D eigenvalue weighted by Gasteiger charge is -2.16. The van der Waals surface area contributed by atoms with Gasteiger partial charge in [-0.2, -0.15) is 0 Å². The highest BCUT2D eigenvalue weighted by molar-refractivity contribution is 5.85. The van der Waals surface area contributed by atoms with Crippen LogP contribution in [-0.2, 0) is 16.1 Å². The highest BCUT2D eigenvalue weighted by atomic mass is 16.4. The van der Waals surface area contributed by atoms with E-state index < -0.39 is 5.97 Å². The van der Waals surface area contributed by atoms with Crippen molar-refractivity contribution in [2.24, 2.45) is 0 Å². The molecule has 5 heteroatoms. The normalized spacial score (nSPS) is 10.9. The van der Waals surface area contributed by atoms with Crippen LogP contribution in [-0.4, -0.2) is 42.5 Å². The van der Waals surface area contributed by atoms with Crippen LogP contribution in [0, 0.1) is 0 Å². The van der Waals surface area contributed by atoms with Crippen molar-refractivity contribution in [3.05, 3.63) is 41.5 Å². The highest BCUT2D eigenvalue weighted by Crippen LogP contribution is 2.09. The number of benzene rings is 1. The first kappa shape index (κ1) is 15.9. The Bertz CT molecular complexity index is 498. The number of amides is 1. The Morgan fingerprint density at radius 1 is 1.40 bits per heavy atom. The van der Waals surface area contributed by atoms with Gasteiger partial charge in [-0.1, -0.05) is 24.3 Å². The summed E-state index contributed by atoms with van der Waals surface area (Å²) >= 11 is 0. The summed E-state index contributed by atoms with van der Waals surface area (Å²) in [4.78, 5) is 23.7. The van der Waals surface area contributed by atoms with Gasteiger partial charge in [0.15, 0.2) is 0 Å². The number of aliphatic carboxylic acids is 1. The van der Waals surface area contributed by atoms with E-state index in [-0.39, 0.29) is 5.91 Å². The van der Waals surface area contributed by atoms with E-state index in [1.54, 1.807) is 13.1 Å². The number of carboxylic acid groups (broad SMARTS) is 1. The van der Waals surface area contributed by atoms with Gasteiger partial charge in [-0.25, -0.2) is 4.79 Å². The first-order chi connectivity index (χ1) is 9.51. The molecule has 0 heterocycles. The van der Waals surface area contributed by atoms with Crippen LogP contribution in [0.15, 0.2) is 30.3 Å². The zero-order chi connectivity index (χ0) is 15.0. The number of carbonyl (C=O) groups is 2. The minimum Gasteiger partial charge on any atom is -0.478 e. The molecule has 0 saturated heterocycles. The number of nitrogens with zero attached hydrogens (tertiary/aromatic N) is 1. The van der Waals surface area contributed by atoms with Crippen molar-refractivity contribution >= 4 is 18.0 Å². The number of rotatable bonds is 7. The van der Waals surface area contributed by atoms with Gasteiger partial charge >= 0.3 is 5.97 Å². The molecule has 1 aromatic carbocycles. The zero-order valence-electron chi connectivity index (χ0n) is 11.8. The summed E-state index contributed by atoms with van der Waals surface area (Å²) in [6.07, 6.45) is 3.15. The molecule has 0 aliphatic rings. The van der Waals surface area contributed by atoms with E-state index in [0.29, 0.717) is 19.5 Å². The molecule has 2 N–H and O–H groups in total. The standard InChI is InChI=1S/C15H20N2O3/c1-16-14(18)8-9-17(2)11-13-5-3-4-12(10-13)6-7-15(19)20/h3-7,10H,8-9,11H2,1-2H3,(H,16,18)(H,19,20)/b7-6+. The summed E-state index contributed by atoms with van der Waals surface area (Å²) < 4.78 is 0. The molecular weight excluding hydrogens is 256 g/mol. The topological polar surface area (TPSA) is 69.6 Å². The molecule has 5 nitrogen and oxygen atoms in total. The minimum atomic E-state index is -0.960. The monoisotopic (exact) mass is 276 g/mol. The second-order valence-corrected chi connectivity index (χ2v) is 4.58. The first-order valence-corrected chi connectivity index (χ1v) is 6.40. The maximum absolute atomic E-state index is 11.2. The molecule has 1 aromatic rings. The van der Waals surface area contributed by atoms with Gasteiger partial charge in [-0.15, -0.1) is 0 Å². The summed E-state index contributed by atoms with van der Waals surface area (Å²) in [6.45, 7) is 1.39. The van der Waals surface area contributed by atoms with Crippen LogP contribution < -0.4 is 5.32 Å². The van der Waals surface area contributed by atoms with Crippen LogP contribution >= 0.6 is 0 Å². The number of hydrogen-bond donors (Lipinski definition) is 2. The lowest BCUT2D eigenvalue weighted by Crippen LogP contribution is -2.26. The van der Waals surface area contributed by atoms with Gasteiger partial charge in [0.2, 0.25) is 5.91 Å². The van der Waals surface area contributed by atoms with E-state index >= 15 is 0 Å². The average molecular weight is 276 g/mol. The fraction of sp³-hybridized carbons (Fsp3) is 0.333. The molecule has 0 fully saturated rings. The van der Waals surface area contributed by atoms with E-state index in [2.05, 4.69) is 10.2 Å². The van der Waals surface area contributed by atoms with Crippen molar-refractivity contribution in [1.29, 1.82) is 0 Å². The lowest BCUT2D eigenvalue weighted by atomic mass is 10.1. The Kier molecular flexibility index (Phi) is 6.46. The molecule has 0 radical (unpaired) electrons. The average Bonchev–Trinajstić information content (AvgIpc) is 2.43. The fourth-order valence-corrected chi connectivity index (χ4v) is 1.77. The summed E-state index contributed by atoms with van der Waals surface area (Å²) in [7, 11) is 3.57. The van der Waals surface area contributed by atoms with Crippen LogP contribution in [0.4, 0.5) is 0 Å². The zero-order valence-corrected chi connectivity index (χ0v) is 11.8. The molecular formula is C15H20N2O3. The smallest absolute Gasteiger partial charge is 0.328 e. The Labute approximate surface area is 118 Å². The van der Waals surface area contributed by atoms with Crippen molar-refractivity contribution in [2.75, 3.05) is 20.6 Å². The van der Waals surface area contributed by atoms with Crippen LogP contribution in [0.1, 0.15) is 17.5 Å². The molecule has 20 heavy (non-hydrogen) atoms. The summed E-state index contributed by atoms with van der Waals surface area (Å²) in [5, 5.41) is 11.2. The van der Waals surface area contributed by atoms with Crippen molar-refractivity contribution in [3.63, 3.8) is 0 Å². The molecule has 0 atom stereocenters. The van der Waals surface area contributed by atoms with E-state index in [4.69, 9.17) is 5.11 Å². The molecule has 0 aliphatic carbocycles. The van der Waals surface area contributed by atoms with Crippen molar-refractivity contribution in [1.82, 2.24) is 10.2 Å². The molecule has 108 valence electrons.